The Labute approximate surface area is 104 Å². The Balaban J connectivity index is 2.16. The van der Waals surface area contributed by atoms with Gasteiger partial charge < -0.3 is 20.1 Å². The average Bonchev–Trinajstić information content (AvgIpc) is 2.82. The van der Waals surface area contributed by atoms with Crippen molar-refractivity contribution in [2.75, 3.05) is 18.9 Å². The van der Waals surface area contributed by atoms with Crippen molar-refractivity contribution < 1.29 is 14.4 Å². The minimum Gasteiger partial charge on any atom is -0.505 e. The van der Waals surface area contributed by atoms with Crippen LogP contribution in [0.15, 0.2) is 22.7 Å². The zero-order valence-electron chi connectivity index (χ0n) is 10.1. The minimum absolute atomic E-state index is 0.0440. The average molecular weight is 249 g/mol. The summed E-state index contributed by atoms with van der Waals surface area (Å²) in [5.41, 5.74) is 6.32. The van der Waals surface area contributed by atoms with Gasteiger partial charge in [0.1, 0.15) is 0 Å². The van der Waals surface area contributed by atoms with Crippen LogP contribution in [-0.4, -0.2) is 28.5 Å². The highest BCUT2D eigenvalue weighted by Crippen LogP contribution is 2.32. The van der Waals surface area contributed by atoms with Crippen LogP contribution in [0, 0.1) is 0 Å². The summed E-state index contributed by atoms with van der Waals surface area (Å²) in [4.78, 5) is 4.18. The highest BCUT2D eigenvalue weighted by molar-refractivity contribution is 5.71. The van der Waals surface area contributed by atoms with E-state index < -0.39 is 0 Å². The van der Waals surface area contributed by atoms with Crippen molar-refractivity contribution in [1.82, 2.24) is 10.1 Å². The predicted molar refractivity (Wildman–Crippen MR) is 66.0 cm³/mol. The maximum atomic E-state index is 9.80. The van der Waals surface area contributed by atoms with Gasteiger partial charge in [0.15, 0.2) is 11.6 Å². The van der Waals surface area contributed by atoms with Crippen LogP contribution in [0.3, 0.4) is 0 Å². The molecule has 0 spiro atoms. The number of ether oxygens (including phenoxy) is 1. The molecule has 0 aliphatic heterocycles. The number of anilines is 1. The number of nitrogens with zero attached hydrogens (tertiary/aromatic N) is 2. The summed E-state index contributed by atoms with van der Waals surface area (Å²) in [5, 5.41) is 13.6. The summed E-state index contributed by atoms with van der Waals surface area (Å²) in [5.74, 6) is 0.754. The first-order valence-electron chi connectivity index (χ1n) is 5.70. The van der Waals surface area contributed by atoms with Crippen LogP contribution in [0.5, 0.6) is 5.75 Å². The monoisotopic (exact) mass is 249 g/mol. The van der Waals surface area contributed by atoms with Gasteiger partial charge in [0, 0.05) is 13.0 Å². The van der Waals surface area contributed by atoms with E-state index in [1.54, 1.807) is 18.2 Å². The number of hydrogen-bond acceptors (Lipinski definition) is 6. The van der Waals surface area contributed by atoms with E-state index in [0.717, 1.165) is 0 Å². The van der Waals surface area contributed by atoms with Crippen molar-refractivity contribution in [2.45, 2.75) is 13.3 Å². The molecule has 1 aromatic heterocycles. The van der Waals surface area contributed by atoms with E-state index in [9.17, 15) is 5.11 Å². The zero-order chi connectivity index (χ0) is 13.0. The van der Waals surface area contributed by atoms with Gasteiger partial charge in [-0.05, 0) is 19.1 Å². The Bertz CT molecular complexity index is 525. The lowest BCUT2D eigenvalue weighted by atomic mass is 10.2. The third kappa shape index (κ3) is 2.60. The van der Waals surface area contributed by atoms with Crippen LogP contribution in [0.2, 0.25) is 0 Å². The molecule has 18 heavy (non-hydrogen) atoms. The van der Waals surface area contributed by atoms with Gasteiger partial charge >= 0.3 is 0 Å². The van der Waals surface area contributed by atoms with Gasteiger partial charge in [0.2, 0.25) is 0 Å². The molecule has 0 unspecified atom stereocenters. The molecule has 6 heteroatoms. The second-order valence-corrected chi connectivity index (χ2v) is 3.71. The maximum Gasteiger partial charge on any atom is 0.261 e. The molecule has 0 atom stereocenters. The molecule has 0 saturated carbocycles. The van der Waals surface area contributed by atoms with Crippen molar-refractivity contribution in [3.63, 3.8) is 0 Å². The molecule has 0 radical (unpaired) electrons. The quantitative estimate of drug-likeness (QED) is 0.475. The van der Waals surface area contributed by atoms with E-state index in [4.69, 9.17) is 15.0 Å². The summed E-state index contributed by atoms with van der Waals surface area (Å²) < 4.78 is 10.3. The number of aromatic hydroxyl groups is 1. The molecular formula is C12H15N3O3. The molecule has 0 bridgehead atoms. The number of nitrogen functional groups attached to an aromatic ring is 1. The number of phenolic OH excluding ortho intramolecular Hbond substituents is 1. The smallest absolute Gasteiger partial charge is 0.261 e. The largest absolute Gasteiger partial charge is 0.505 e. The third-order valence-corrected chi connectivity index (χ3v) is 2.44. The fourth-order valence-electron chi connectivity index (χ4n) is 1.51. The molecule has 2 aromatic rings. The minimum atomic E-state index is -0.0440. The SMILES string of the molecule is CCOCCc1noc(-c2cccc(N)c2O)n1. The van der Waals surface area contributed by atoms with Crippen LogP contribution in [-0.2, 0) is 11.2 Å². The molecule has 2 rings (SSSR count). The maximum absolute atomic E-state index is 9.80. The van der Waals surface area contributed by atoms with Gasteiger partial charge in [-0.2, -0.15) is 4.98 Å². The van der Waals surface area contributed by atoms with Crippen molar-refractivity contribution in [3.8, 4) is 17.2 Å². The number of phenols is 1. The number of hydrogen-bond donors (Lipinski definition) is 2. The Morgan fingerprint density at radius 3 is 3.06 bits per heavy atom. The molecule has 0 aliphatic rings. The predicted octanol–water partition coefficient (Wildman–Crippen LogP) is 1.60. The Morgan fingerprint density at radius 2 is 2.28 bits per heavy atom. The molecular weight excluding hydrogens is 234 g/mol. The molecule has 1 aromatic carbocycles. The van der Waals surface area contributed by atoms with Crippen molar-refractivity contribution >= 4 is 5.69 Å². The molecule has 0 aliphatic carbocycles. The van der Waals surface area contributed by atoms with E-state index >= 15 is 0 Å². The van der Waals surface area contributed by atoms with Crippen LogP contribution in [0.4, 0.5) is 5.69 Å². The lowest BCUT2D eigenvalue weighted by molar-refractivity contribution is 0.149. The number of rotatable bonds is 5. The number of benzene rings is 1. The standard InChI is InChI=1S/C12H15N3O3/c1-2-17-7-6-10-14-12(18-15-10)8-4-3-5-9(13)11(8)16/h3-5,16H,2,6-7,13H2,1H3. The summed E-state index contributed by atoms with van der Waals surface area (Å²) in [6.07, 6.45) is 0.570. The van der Waals surface area contributed by atoms with E-state index in [1.807, 2.05) is 6.92 Å². The molecule has 3 N–H and O–H groups in total. The van der Waals surface area contributed by atoms with Crippen LogP contribution >= 0.6 is 0 Å². The van der Waals surface area contributed by atoms with Crippen molar-refractivity contribution in [1.29, 1.82) is 0 Å². The van der Waals surface area contributed by atoms with Crippen molar-refractivity contribution in [2.24, 2.45) is 0 Å². The number of aromatic nitrogens is 2. The van der Waals surface area contributed by atoms with Gasteiger partial charge in [-0.3, -0.25) is 0 Å². The molecule has 6 nitrogen and oxygen atoms in total. The second-order valence-electron chi connectivity index (χ2n) is 3.71. The summed E-state index contributed by atoms with van der Waals surface area (Å²) in [7, 11) is 0. The van der Waals surface area contributed by atoms with Crippen LogP contribution in [0.1, 0.15) is 12.7 Å². The van der Waals surface area contributed by atoms with Gasteiger partial charge in [-0.1, -0.05) is 11.2 Å². The van der Waals surface area contributed by atoms with E-state index in [-0.39, 0.29) is 17.3 Å². The number of nitrogens with two attached hydrogens (primary N) is 1. The van der Waals surface area contributed by atoms with Gasteiger partial charge in [-0.25, -0.2) is 0 Å². The van der Waals surface area contributed by atoms with Gasteiger partial charge in [0.25, 0.3) is 5.89 Å². The van der Waals surface area contributed by atoms with E-state index in [0.29, 0.717) is 31.0 Å². The van der Waals surface area contributed by atoms with Gasteiger partial charge in [-0.15, -0.1) is 0 Å². The molecule has 0 saturated heterocycles. The summed E-state index contributed by atoms with van der Waals surface area (Å²) in [6.45, 7) is 3.12. The summed E-state index contributed by atoms with van der Waals surface area (Å²) in [6, 6.07) is 4.99. The topological polar surface area (TPSA) is 94.4 Å². The van der Waals surface area contributed by atoms with Crippen LogP contribution in [0.25, 0.3) is 11.5 Å². The first-order chi connectivity index (χ1) is 8.72. The Kier molecular flexibility index (Phi) is 3.78. The van der Waals surface area contributed by atoms with Crippen molar-refractivity contribution in [3.05, 3.63) is 24.0 Å². The van der Waals surface area contributed by atoms with Crippen LogP contribution < -0.4 is 5.73 Å². The Hall–Kier alpha value is -2.08. The fraction of sp³-hybridized carbons (Fsp3) is 0.333. The Morgan fingerprint density at radius 1 is 1.44 bits per heavy atom. The normalized spacial score (nSPS) is 10.7. The van der Waals surface area contributed by atoms with E-state index in [2.05, 4.69) is 10.1 Å². The molecule has 96 valence electrons. The molecule has 0 fully saturated rings. The second kappa shape index (κ2) is 5.50. The molecule has 0 amide bonds. The lowest BCUT2D eigenvalue weighted by Crippen LogP contribution is -1.99. The molecule has 1 heterocycles. The fourth-order valence-corrected chi connectivity index (χ4v) is 1.51. The first-order valence-corrected chi connectivity index (χ1v) is 5.70. The highest BCUT2D eigenvalue weighted by Gasteiger charge is 2.14. The van der Waals surface area contributed by atoms with Gasteiger partial charge in [0.05, 0.1) is 17.9 Å². The lowest BCUT2D eigenvalue weighted by Gasteiger charge is -2.01. The van der Waals surface area contributed by atoms with E-state index in [1.165, 1.54) is 0 Å². The first kappa shape index (κ1) is 12.4. The summed E-state index contributed by atoms with van der Waals surface area (Å²) >= 11 is 0. The zero-order valence-corrected chi connectivity index (χ0v) is 10.1. The highest BCUT2D eigenvalue weighted by atomic mass is 16.5. The number of para-hydroxylation sites is 1. The third-order valence-electron chi connectivity index (χ3n) is 2.44.